The SMILES string of the molecule is O=C(O)CNCC1CCCN(c2cccc([N+](=O)[O-])c2)C1. The first-order valence-corrected chi connectivity index (χ1v) is 6.98. The third-order valence-electron chi connectivity index (χ3n) is 3.63. The molecule has 0 spiro atoms. The second-order valence-corrected chi connectivity index (χ2v) is 5.26. The van der Waals surface area contributed by atoms with E-state index >= 15 is 0 Å². The number of carbonyl (C=O) groups is 1. The first-order valence-electron chi connectivity index (χ1n) is 6.98. The topological polar surface area (TPSA) is 95.7 Å². The van der Waals surface area contributed by atoms with Gasteiger partial charge in [0, 0.05) is 37.5 Å². The van der Waals surface area contributed by atoms with Crippen LogP contribution in [0.2, 0.25) is 0 Å². The molecule has 1 fully saturated rings. The van der Waals surface area contributed by atoms with E-state index in [4.69, 9.17) is 5.11 Å². The Labute approximate surface area is 122 Å². The Bertz CT molecular complexity index is 521. The molecule has 7 nitrogen and oxygen atoms in total. The second-order valence-electron chi connectivity index (χ2n) is 5.26. The van der Waals surface area contributed by atoms with E-state index < -0.39 is 5.97 Å². The van der Waals surface area contributed by atoms with Crippen molar-refractivity contribution < 1.29 is 14.8 Å². The van der Waals surface area contributed by atoms with Crippen molar-refractivity contribution in [3.8, 4) is 0 Å². The summed E-state index contributed by atoms with van der Waals surface area (Å²) in [5.74, 6) is -0.501. The van der Waals surface area contributed by atoms with Gasteiger partial charge in [0.15, 0.2) is 0 Å². The summed E-state index contributed by atoms with van der Waals surface area (Å²) in [5.41, 5.74) is 0.950. The highest BCUT2D eigenvalue weighted by atomic mass is 16.6. The molecule has 1 aliphatic rings. The predicted molar refractivity (Wildman–Crippen MR) is 78.5 cm³/mol. The molecule has 1 aromatic rings. The molecule has 114 valence electrons. The molecule has 21 heavy (non-hydrogen) atoms. The zero-order chi connectivity index (χ0) is 15.2. The maximum absolute atomic E-state index is 10.8. The van der Waals surface area contributed by atoms with Gasteiger partial charge in [0.25, 0.3) is 5.69 Å². The monoisotopic (exact) mass is 293 g/mol. The van der Waals surface area contributed by atoms with Crippen LogP contribution in [0.25, 0.3) is 0 Å². The molecule has 2 N–H and O–H groups in total. The first-order chi connectivity index (χ1) is 10.1. The molecular weight excluding hydrogens is 274 g/mol. The number of anilines is 1. The van der Waals surface area contributed by atoms with Gasteiger partial charge >= 0.3 is 5.97 Å². The third kappa shape index (κ3) is 4.42. The van der Waals surface area contributed by atoms with Crippen molar-refractivity contribution in [1.82, 2.24) is 5.32 Å². The van der Waals surface area contributed by atoms with Crippen LogP contribution in [0.4, 0.5) is 11.4 Å². The Hall–Kier alpha value is -2.15. The van der Waals surface area contributed by atoms with Gasteiger partial charge < -0.3 is 15.3 Å². The second kappa shape index (κ2) is 7.03. The summed E-state index contributed by atoms with van der Waals surface area (Å²) in [6.45, 7) is 2.27. The molecule has 1 aliphatic heterocycles. The molecule has 7 heteroatoms. The van der Waals surface area contributed by atoms with Crippen LogP contribution in [0.15, 0.2) is 24.3 Å². The summed E-state index contributed by atoms with van der Waals surface area (Å²) >= 11 is 0. The number of benzene rings is 1. The Morgan fingerprint density at radius 2 is 2.33 bits per heavy atom. The van der Waals surface area contributed by atoms with Crippen LogP contribution in [0.5, 0.6) is 0 Å². The minimum Gasteiger partial charge on any atom is -0.480 e. The molecule has 1 unspecified atom stereocenters. The van der Waals surface area contributed by atoms with E-state index in [1.165, 1.54) is 6.07 Å². The number of carboxylic acid groups (broad SMARTS) is 1. The van der Waals surface area contributed by atoms with Gasteiger partial charge in [0.05, 0.1) is 11.5 Å². The molecule has 0 aliphatic carbocycles. The molecular formula is C14H19N3O4. The molecule has 1 heterocycles. The lowest BCUT2D eigenvalue weighted by atomic mass is 9.97. The molecule has 1 atom stereocenters. The Kier molecular flexibility index (Phi) is 5.10. The van der Waals surface area contributed by atoms with Gasteiger partial charge in [-0.3, -0.25) is 14.9 Å². The zero-order valence-electron chi connectivity index (χ0n) is 11.7. The highest BCUT2D eigenvalue weighted by Gasteiger charge is 2.21. The number of hydrogen-bond donors (Lipinski definition) is 2. The molecule has 0 radical (unpaired) electrons. The molecule has 0 amide bonds. The fourth-order valence-corrected chi connectivity index (χ4v) is 2.65. The van der Waals surface area contributed by atoms with Crippen LogP contribution in [-0.2, 0) is 4.79 Å². The molecule has 0 aromatic heterocycles. The molecule has 1 aromatic carbocycles. The number of hydrogen-bond acceptors (Lipinski definition) is 5. The standard InChI is InChI=1S/C14H19N3O4/c18-14(19)9-15-8-11-3-2-6-16(10-11)12-4-1-5-13(7-12)17(20)21/h1,4-5,7,11,15H,2-3,6,8-10H2,(H,18,19). The van der Waals surface area contributed by atoms with E-state index in [9.17, 15) is 14.9 Å². The van der Waals surface area contributed by atoms with Crippen molar-refractivity contribution in [2.75, 3.05) is 31.1 Å². The lowest BCUT2D eigenvalue weighted by Crippen LogP contribution is -2.40. The molecule has 0 saturated carbocycles. The number of rotatable bonds is 6. The number of carboxylic acids is 1. The molecule has 1 saturated heterocycles. The van der Waals surface area contributed by atoms with Crippen molar-refractivity contribution in [2.45, 2.75) is 12.8 Å². The minimum atomic E-state index is -0.860. The minimum absolute atomic E-state index is 0.0344. The maximum Gasteiger partial charge on any atom is 0.317 e. The normalized spacial score (nSPS) is 18.5. The van der Waals surface area contributed by atoms with Crippen molar-refractivity contribution in [1.29, 1.82) is 0 Å². The van der Waals surface area contributed by atoms with Gasteiger partial charge in [-0.2, -0.15) is 0 Å². The number of nitro benzene ring substituents is 1. The first kappa shape index (κ1) is 15.2. The van der Waals surface area contributed by atoms with Crippen LogP contribution >= 0.6 is 0 Å². The molecule has 2 rings (SSSR count). The van der Waals surface area contributed by atoms with E-state index in [-0.39, 0.29) is 17.2 Å². The maximum atomic E-state index is 10.8. The van der Waals surface area contributed by atoms with Crippen molar-refractivity contribution in [3.63, 3.8) is 0 Å². The van der Waals surface area contributed by atoms with E-state index in [1.807, 2.05) is 6.07 Å². The largest absolute Gasteiger partial charge is 0.480 e. The Morgan fingerprint density at radius 3 is 3.05 bits per heavy atom. The Morgan fingerprint density at radius 1 is 1.52 bits per heavy atom. The number of nitrogens with one attached hydrogen (secondary N) is 1. The summed E-state index contributed by atoms with van der Waals surface area (Å²) in [4.78, 5) is 23.1. The van der Waals surface area contributed by atoms with E-state index in [1.54, 1.807) is 12.1 Å². The van der Waals surface area contributed by atoms with Gasteiger partial charge in [-0.25, -0.2) is 0 Å². The fraction of sp³-hybridized carbons (Fsp3) is 0.500. The highest BCUT2D eigenvalue weighted by molar-refractivity contribution is 5.69. The van der Waals surface area contributed by atoms with Crippen LogP contribution in [-0.4, -0.2) is 42.2 Å². The van der Waals surface area contributed by atoms with Gasteiger partial charge in [-0.05, 0) is 24.8 Å². The van der Waals surface area contributed by atoms with Crippen molar-refractivity contribution in [3.05, 3.63) is 34.4 Å². The summed E-state index contributed by atoms with van der Waals surface area (Å²) in [6.07, 6.45) is 2.04. The number of nitrogens with zero attached hydrogens (tertiary/aromatic N) is 2. The lowest BCUT2D eigenvalue weighted by molar-refractivity contribution is -0.384. The fourth-order valence-electron chi connectivity index (χ4n) is 2.65. The zero-order valence-corrected chi connectivity index (χ0v) is 11.7. The Balaban J connectivity index is 1.95. The summed E-state index contributed by atoms with van der Waals surface area (Å²) < 4.78 is 0. The van der Waals surface area contributed by atoms with Crippen molar-refractivity contribution in [2.24, 2.45) is 5.92 Å². The quantitative estimate of drug-likeness (QED) is 0.609. The van der Waals surface area contributed by atoms with Gasteiger partial charge in [0.2, 0.25) is 0 Å². The average molecular weight is 293 g/mol. The van der Waals surface area contributed by atoms with E-state index in [2.05, 4.69) is 10.2 Å². The van der Waals surface area contributed by atoms with Gasteiger partial charge in [-0.1, -0.05) is 6.07 Å². The van der Waals surface area contributed by atoms with Crippen LogP contribution in [0, 0.1) is 16.0 Å². The van der Waals surface area contributed by atoms with Gasteiger partial charge in [0.1, 0.15) is 0 Å². The summed E-state index contributed by atoms with van der Waals surface area (Å²) in [6, 6.07) is 6.65. The average Bonchev–Trinajstić information content (AvgIpc) is 2.47. The highest BCUT2D eigenvalue weighted by Crippen LogP contribution is 2.26. The van der Waals surface area contributed by atoms with Crippen molar-refractivity contribution >= 4 is 17.3 Å². The van der Waals surface area contributed by atoms with E-state index in [0.29, 0.717) is 12.5 Å². The number of non-ortho nitro benzene ring substituents is 1. The number of nitro groups is 1. The number of aliphatic carboxylic acids is 1. The van der Waals surface area contributed by atoms with Gasteiger partial charge in [-0.15, -0.1) is 0 Å². The molecule has 0 bridgehead atoms. The lowest BCUT2D eigenvalue weighted by Gasteiger charge is -2.34. The van der Waals surface area contributed by atoms with Crippen LogP contribution in [0.1, 0.15) is 12.8 Å². The third-order valence-corrected chi connectivity index (χ3v) is 3.63. The van der Waals surface area contributed by atoms with Crippen LogP contribution < -0.4 is 10.2 Å². The summed E-state index contributed by atoms with van der Waals surface area (Å²) in [7, 11) is 0. The smallest absolute Gasteiger partial charge is 0.317 e. The summed E-state index contributed by atoms with van der Waals surface area (Å²) in [5, 5.41) is 22.4. The van der Waals surface area contributed by atoms with E-state index in [0.717, 1.165) is 31.6 Å². The predicted octanol–water partition coefficient (Wildman–Crippen LogP) is 1.49. The van der Waals surface area contributed by atoms with Crippen LogP contribution in [0.3, 0.4) is 0 Å². The number of piperidine rings is 1.